The van der Waals surface area contributed by atoms with Crippen LogP contribution in [0.2, 0.25) is 0 Å². The Morgan fingerprint density at radius 2 is 0.964 bits per heavy atom. The second-order valence-electron chi connectivity index (χ2n) is 7.33. The van der Waals surface area contributed by atoms with Gasteiger partial charge in [0.1, 0.15) is 9.79 Å². The van der Waals surface area contributed by atoms with Gasteiger partial charge in [0.2, 0.25) is 0 Å². The monoisotopic (exact) mass is 558 g/mol. The lowest BCUT2D eigenvalue weighted by atomic mass is 9.98. The minimum Gasteiger partial charge on any atom is -0.263 e. The Morgan fingerprint density at radius 3 is 1.29 bits per heavy atom. The van der Waals surface area contributed by atoms with E-state index in [9.17, 15) is 16.8 Å². The summed E-state index contributed by atoms with van der Waals surface area (Å²) in [6.07, 6.45) is 8.12. The van der Waals surface area contributed by atoms with Crippen LogP contribution >= 0.6 is 31.9 Å². The van der Waals surface area contributed by atoms with Crippen molar-refractivity contribution < 1.29 is 25.2 Å². The maximum atomic E-state index is 12.7. The van der Waals surface area contributed by atoms with E-state index in [1.807, 2.05) is 0 Å². The van der Waals surface area contributed by atoms with Gasteiger partial charge in [-0.05, 0) is 69.7 Å². The van der Waals surface area contributed by atoms with Crippen LogP contribution in [0.15, 0.2) is 30.9 Å². The van der Waals surface area contributed by atoms with Crippen LogP contribution in [0, 0.1) is 0 Å². The normalized spacial score (nSPS) is 20.4. The minimum atomic E-state index is -4.02. The Bertz CT molecular complexity index is 826. The molecule has 1 aromatic rings. The lowest BCUT2D eigenvalue weighted by Crippen LogP contribution is -2.22. The third-order valence-corrected chi connectivity index (χ3v) is 9.80. The van der Waals surface area contributed by atoms with Gasteiger partial charge in [-0.15, -0.1) is 0 Å². The molecular weight excluding hydrogens is 536 g/mol. The van der Waals surface area contributed by atoms with E-state index in [4.69, 9.17) is 8.37 Å². The number of rotatable bonds is 6. The zero-order valence-electron chi connectivity index (χ0n) is 15.4. The van der Waals surface area contributed by atoms with Crippen LogP contribution in [0.4, 0.5) is 0 Å². The molecule has 28 heavy (non-hydrogen) atoms. The summed E-state index contributed by atoms with van der Waals surface area (Å²) in [6, 6.07) is 2.53. The molecule has 0 aromatic heterocycles. The summed E-state index contributed by atoms with van der Waals surface area (Å²) >= 11 is 6.40. The van der Waals surface area contributed by atoms with E-state index >= 15 is 0 Å². The maximum absolute atomic E-state index is 12.7. The maximum Gasteiger partial charge on any atom is 0.298 e. The predicted octanol–water partition coefficient (Wildman–Crippen LogP) is 5.29. The summed E-state index contributed by atoms with van der Waals surface area (Å²) in [5.74, 6) is 0. The van der Waals surface area contributed by atoms with Crippen molar-refractivity contribution >= 4 is 52.1 Å². The summed E-state index contributed by atoms with van der Waals surface area (Å²) in [6.45, 7) is 0. The fourth-order valence-electron chi connectivity index (χ4n) is 3.68. The van der Waals surface area contributed by atoms with Crippen LogP contribution in [0.3, 0.4) is 0 Å². The minimum absolute atomic E-state index is 0.0958. The number of benzene rings is 1. The van der Waals surface area contributed by atoms with Gasteiger partial charge in [0.25, 0.3) is 20.2 Å². The van der Waals surface area contributed by atoms with E-state index in [2.05, 4.69) is 31.9 Å². The lowest BCUT2D eigenvalue weighted by Gasteiger charge is -2.23. The van der Waals surface area contributed by atoms with Crippen molar-refractivity contribution in [1.82, 2.24) is 0 Å². The van der Waals surface area contributed by atoms with Crippen LogP contribution in [-0.2, 0) is 28.6 Å². The third-order valence-electron chi connectivity index (χ3n) is 5.16. The molecule has 0 amide bonds. The zero-order chi connectivity index (χ0) is 20.4. The number of halogens is 2. The summed E-state index contributed by atoms with van der Waals surface area (Å²) in [5, 5.41) is 0. The standard InChI is InChI=1S/C18H24Br2O6S2/c19-15-12-18(28(23,24)26-14-9-5-2-6-10-14)16(20)11-17(15)27(21,22)25-13-7-3-1-4-8-13/h11-14H,1-10H2. The zero-order valence-corrected chi connectivity index (χ0v) is 20.2. The van der Waals surface area contributed by atoms with E-state index in [1.54, 1.807) is 0 Å². The van der Waals surface area contributed by atoms with Gasteiger partial charge in [0.15, 0.2) is 0 Å². The molecule has 2 saturated carbocycles. The molecule has 0 aliphatic heterocycles. The van der Waals surface area contributed by atoms with Crippen molar-refractivity contribution in [3.63, 3.8) is 0 Å². The van der Waals surface area contributed by atoms with Crippen molar-refractivity contribution in [3.05, 3.63) is 21.1 Å². The van der Waals surface area contributed by atoms with Gasteiger partial charge in [-0.1, -0.05) is 38.5 Å². The summed E-state index contributed by atoms with van der Waals surface area (Å²) < 4.78 is 61.8. The molecular formula is C18H24Br2O6S2. The topological polar surface area (TPSA) is 86.7 Å². The molecule has 0 bridgehead atoms. The molecule has 3 rings (SSSR count). The molecule has 0 heterocycles. The van der Waals surface area contributed by atoms with Crippen molar-refractivity contribution in [3.8, 4) is 0 Å². The van der Waals surface area contributed by atoms with E-state index in [-0.39, 0.29) is 30.9 Å². The second kappa shape index (κ2) is 9.43. The molecule has 0 N–H and O–H groups in total. The Kier molecular flexibility index (Phi) is 7.64. The third kappa shape index (κ3) is 5.57. The lowest BCUT2D eigenvalue weighted by molar-refractivity contribution is 0.161. The number of hydrogen-bond acceptors (Lipinski definition) is 6. The highest BCUT2D eigenvalue weighted by atomic mass is 79.9. The van der Waals surface area contributed by atoms with Gasteiger partial charge < -0.3 is 0 Å². The largest absolute Gasteiger partial charge is 0.298 e. The molecule has 0 saturated heterocycles. The molecule has 10 heteroatoms. The van der Waals surface area contributed by atoms with Gasteiger partial charge in [-0.2, -0.15) is 16.8 Å². The predicted molar refractivity (Wildman–Crippen MR) is 112 cm³/mol. The SMILES string of the molecule is O=S(=O)(OC1CCCCC1)c1cc(Br)c(S(=O)(=O)OC2CCCCC2)cc1Br. The first-order valence-electron chi connectivity index (χ1n) is 9.55. The van der Waals surface area contributed by atoms with Gasteiger partial charge in [-0.3, -0.25) is 8.37 Å². The highest BCUT2D eigenvalue weighted by Gasteiger charge is 2.30. The van der Waals surface area contributed by atoms with Crippen LogP contribution in [0.1, 0.15) is 64.2 Å². The molecule has 2 aliphatic rings. The van der Waals surface area contributed by atoms with Crippen molar-refractivity contribution in [1.29, 1.82) is 0 Å². The smallest absolute Gasteiger partial charge is 0.263 e. The Balaban J connectivity index is 1.83. The first kappa shape index (κ1) is 22.7. The highest BCUT2D eigenvalue weighted by Crippen LogP contribution is 2.36. The fraction of sp³-hybridized carbons (Fsp3) is 0.667. The molecule has 0 spiro atoms. The number of hydrogen-bond donors (Lipinski definition) is 0. The van der Waals surface area contributed by atoms with Gasteiger partial charge in [0, 0.05) is 8.95 Å². The summed E-state index contributed by atoms with van der Waals surface area (Å²) in [5.41, 5.74) is 0. The first-order chi connectivity index (χ1) is 13.2. The average molecular weight is 560 g/mol. The quantitative estimate of drug-likeness (QED) is 0.440. The van der Waals surface area contributed by atoms with E-state index in [0.29, 0.717) is 25.7 Å². The van der Waals surface area contributed by atoms with E-state index < -0.39 is 20.2 Å². The molecule has 1 aromatic carbocycles. The molecule has 0 radical (unpaired) electrons. The van der Waals surface area contributed by atoms with Crippen molar-refractivity contribution in [2.75, 3.05) is 0 Å². The molecule has 2 fully saturated rings. The average Bonchev–Trinajstić information content (AvgIpc) is 2.64. The van der Waals surface area contributed by atoms with Crippen LogP contribution in [0.5, 0.6) is 0 Å². The Hall–Kier alpha value is -0.000000000000000222. The Morgan fingerprint density at radius 1 is 0.643 bits per heavy atom. The van der Waals surface area contributed by atoms with Crippen LogP contribution < -0.4 is 0 Å². The highest BCUT2D eigenvalue weighted by molar-refractivity contribution is 9.11. The summed E-state index contributed by atoms with van der Waals surface area (Å²) in [4.78, 5) is -0.192. The molecule has 2 aliphatic carbocycles. The molecule has 0 unspecified atom stereocenters. The van der Waals surface area contributed by atoms with E-state index in [1.165, 1.54) is 12.1 Å². The van der Waals surface area contributed by atoms with Gasteiger partial charge in [-0.25, -0.2) is 0 Å². The first-order valence-corrected chi connectivity index (χ1v) is 13.9. The van der Waals surface area contributed by atoms with Crippen molar-refractivity contribution in [2.24, 2.45) is 0 Å². The van der Waals surface area contributed by atoms with Crippen LogP contribution in [0.25, 0.3) is 0 Å². The van der Waals surface area contributed by atoms with Crippen LogP contribution in [-0.4, -0.2) is 29.0 Å². The second-order valence-corrected chi connectivity index (χ2v) is 12.1. The summed E-state index contributed by atoms with van der Waals surface area (Å²) in [7, 11) is -8.03. The fourth-order valence-corrected chi connectivity index (χ4v) is 8.29. The van der Waals surface area contributed by atoms with Gasteiger partial charge >= 0.3 is 0 Å². The molecule has 158 valence electrons. The van der Waals surface area contributed by atoms with Crippen molar-refractivity contribution in [2.45, 2.75) is 86.2 Å². The van der Waals surface area contributed by atoms with Gasteiger partial charge in [0.05, 0.1) is 12.2 Å². The molecule has 0 atom stereocenters. The Labute approximate surface area is 183 Å². The van der Waals surface area contributed by atoms with E-state index in [0.717, 1.165) is 38.5 Å². The molecule has 6 nitrogen and oxygen atoms in total.